The van der Waals surface area contributed by atoms with Crippen LogP contribution in [0.5, 0.6) is 0 Å². The van der Waals surface area contributed by atoms with Crippen molar-refractivity contribution in [3.63, 3.8) is 0 Å². The number of aliphatic hydroxyl groups excluding tert-OH is 1. The third-order valence-electron chi connectivity index (χ3n) is 2.66. The molecule has 0 radical (unpaired) electrons. The van der Waals surface area contributed by atoms with Gasteiger partial charge in [-0.1, -0.05) is 0 Å². The Kier molecular flexibility index (Phi) is 2.85. The zero-order chi connectivity index (χ0) is 12.6. The van der Waals surface area contributed by atoms with Gasteiger partial charge >= 0.3 is 0 Å². The van der Waals surface area contributed by atoms with Gasteiger partial charge in [-0.15, -0.1) is 0 Å². The van der Waals surface area contributed by atoms with E-state index in [1.165, 1.54) is 19.2 Å². The predicted molar refractivity (Wildman–Crippen MR) is 62.3 cm³/mol. The molecule has 2 aromatic rings. The zero-order valence-electron chi connectivity index (χ0n) is 9.54. The van der Waals surface area contributed by atoms with Gasteiger partial charge in [0, 0.05) is 18.0 Å². The summed E-state index contributed by atoms with van der Waals surface area (Å²) in [6.45, 7) is 1.56. The van der Waals surface area contributed by atoms with Crippen LogP contribution in [0.2, 0.25) is 0 Å². The van der Waals surface area contributed by atoms with Gasteiger partial charge in [0.05, 0.1) is 6.10 Å². The van der Waals surface area contributed by atoms with Crippen molar-refractivity contribution in [3.8, 4) is 0 Å². The van der Waals surface area contributed by atoms with Crippen molar-refractivity contribution in [3.05, 3.63) is 35.3 Å². The molecule has 0 aliphatic carbocycles. The summed E-state index contributed by atoms with van der Waals surface area (Å²) in [5.41, 5.74) is 1.31. The second kappa shape index (κ2) is 4.18. The van der Waals surface area contributed by atoms with Gasteiger partial charge in [0.25, 0.3) is 5.91 Å². The Bertz CT molecular complexity index is 575. The highest BCUT2D eigenvalue weighted by Gasteiger charge is 2.14. The number of halogens is 1. The van der Waals surface area contributed by atoms with Gasteiger partial charge in [0.1, 0.15) is 11.5 Å². The Morgan fingerprint density at radius 2 is 2.18 bits per heavy atom. The minimum Gasteiger partial charge on any atom is -0.389 e. The maximum atomic E-state index is 13.3. The lowest BCUT2D eigenvalue weighted by Gasteiger charge is -2.06. The van der Waals surface area contributed by atoms with E-state index in [0.717, 1.165) is 0 Å². The summed E-state index contributed by atoms with van der Waals surface area (Å²) < 4.78 is 13.3. The topological polar surface area (TPSA) is 65.1 Å². The molecule has 0 fully saturated rings. The van der Waals surface area contributed by atoms with E-state index in [2.05, 4.69) is 10.3 Å². The lowest BCUT2D eigenvalue weighted by molar-refractivity contribution is 0.0959. The van der Waals surface area contributed by atoms with Crippen molar-refractivity contribution >= 4 is 16.8 Å². The predicted octanol–water partition coefficient (Wildman–Crippen LogP) is 1.72. The molecule has 1 amide bonds. The first-order valence-electron chi connectivity index (χ1n) is 5.25. The van der Waals surface area contributed by atoms with Crippen molar-refractivity contribution in [1.29, 1.82) is 0 Å². The number of hydrogen-bond acceptors (Lipinski definition) is 2. The highest BCUT2D eigenvalue weighted by molar-refractivity contribution is 5.98. The molecule has 5 heteroatoms. The summed E-state index contributed by atoms with van der Waals surface area (Å²) in [7, 11) is 1.52. The van der Waals surface area contributed by atoms with E-state index in [1.807, 2.05) is 0 Å². The largest absolute Gasteiger partial charge is 0.389 e. The second-order valence-electron chi connectivity index (χ2n) is 3.89. The minimum atomic E-state index is -0.790. The minimum absolute atomic E-state index is 0.279. The van der Waals surface area contributed by atoms with Crippen LogP contribution in [-0.4, -0.2) is 23.0 Å². The smallest absolute Gasteiger partial charge is 0.267 e. The molecule has 1 atom stereocenters. The van der Waals surface area contributed by atoms with Crippen LogP contribution < -0.4 is 5.32 Å². The SMILES string of the molecule is CNC(=O)c1cc2c(C(C)O)cc(F)cc2[nH]1. The monoisotopic (exact) mass is 236 g/mol. The number of fused-ring (bicyclic) bond motifs is 1. The third kappa shape index (κ3) is 2.01. The summed E-state index contributed by atoms with van der Waals surface area (Å²) in [5, 5.41) is 12.7. The molecule has 0 aliphatic rings. The molecule has 0 spiro atoms. The van der Waals surface area contributed by atoms with Gasteiger partial charge in [0.15, 0.2) is 0 Å². The molecule has 4 nitrogen and oxygen atoms in total. The van der Waals surface area contributed by atoms with Crippen molar-refractivity contribution in [2.45, 2.75) is 13.0 Å². The van der Waals surface area contributed by atoms with Crippen molar-refractivity contribution in [2.24, 2.45) is 0 Å². The van der Waals surface area contributed by atoms with Crippen molar-refractivity contribution in [1.82, 2.24) is 10.3 Å². The summed E-state index contributed by atoms with van der Waals surface area (Å²) in [4.78, 5) is 14.3. The molecule has 3 N–H and O–H groups in total. The molecule has 0 bridgehead atoms. The average Bonchev–Trinajstić information content (AvgIpc) is 2.69. The summed E-state index contributed by atoms with van der Waals surface area (Å²) in [5.74, 6) is -0.725. The average molecular weight is 236 g/mol. The third-order valence-corrected chi connectivity index (χ3v) is 2.66. The molecule has 17 heavy (non-hydrogen) atoms. The number of hydrogen-bond donors (Lipinski definition) is 3. The van der Waals surface area contributed by atoms with Gasteiger partial charge in [-0.05, 0) is 30.7 Å². The maximum Gasteiger partial charge on any atom is 0.267 e. The lowest BCUT2D eigenvalue weighted by atomic mass is 10.1. The molecule has 0 saturated carbocycles. The molecule has 90 valence electrons. The van der Waals surface area contributed by atoms with Crippen LogP contribution in [0.25, 0.3) is 10.9 Å². The Labute approximate surface area is 97.5 Å². The number of nitrogens with one attached hydrogen (secondary N) is 2. The normalized spacial score (nSPS) is 12.7. The highest BCUT2D eigenvalue weighted by Crippen LogP contribution is 2.26. The maximum absolute atomic E-state index is 13.3. The van der Waals surface area contributed by atoms with Gasteiger partial charge in [-0.3, -0.25) is 4.79 Å². The fourth-order valence-corrected chi connectivity index (χ4v) is 1.83. The molecular formula is C12H13FN2O2. The van der Waals surface area contributed by atoms with Crippen LogP contribution in [0.3, 0.4) is 0 Å². The van der Waals surface area contributed by atoms with Crippen LogP contribution in [0.4, 0.5) is 4.39 Å². The number of rotatable bonds is 2. The Hall–Kier alpha value is -1.88. The van der Waals surface area contributed by atoms with E-state index >= 15 is 0 Å². The van der Waals surface area contributed by atoms with Gasteiger partial charge < -0.3 is 15.4 Å². The number of aliphatic hydroxyl groups is 1. The molecule has 1 heterocycles. The molecular weight excluding hydrogens is 223 g/mol. The quantitative estimate of drug-likeness (QED) is 0.743. The van der Waals surface area contributed by atoms with Crippen LogP contribution in [0, 0.1) is 5.82 Å². The highest BCUT2D eigenvalue weighted by atomic mass is 19.1. The first-order chi connectivity index (χ1) is 8.02. The van der Waals surface area contributed by atoms with Gasteiger partial charge in [0.2, 0.25) is 0 Å². The molecule has 1 aromatic heterocycles. The van der Waals surface area contributed by atoms with E-state index in [1.54, 1.807) is 13.0 Å². The standard InChI is InChI=1S/C12H13FN2O2/c1-6(16)8-3-7(13)4-10-9(8)5-11(15-10)12(17)14-2/h3-6,15-16H,1-2H3,(H,14,17). The van der Waals surface area contributed by atoms with E-state index in [4.69, 9.17) is 0 Å². The van der Waals surface area contributed by atoms with Crippen LogP contribution in [0.1, 0.15) is 29.1 Å². The molecule has 0 saturated heterocycles. The van der Waals surface area contributed by atoms with Crippen LogP contribution in [0.15, 0.2) is 18.2 Å². The van der Waals surface area contributed by atoms with E-state index in [-0.39, 0.29) is 5.91 Å². The van der Waals surface area contributed by atoms with Crippen LogP contribution >= 0.6 is 0 Å². The molecule has 1 unspecified atom stereocenters. The first kappa shape index (κ1) is 11.6. The lowest BCUT2D eigenvalue weighted by Crippen LogP contribution is -2.17. The summed E-state index contributed by atoms with van der Waals surface area (Å²) >= 11 is 0. The Balaban J connectivity index is 2.67. The van der Waals surface area contributed by atoms with E-state index in [0.29, 0.717) is 22.2 Å². The fraction of sp³-hybridized carbons (Fsp3) is 0.250. The number of H-pyrrole nitrogens is 1. The van der Waals surface area contributed by atoms with Crippen LogP contribution in [-0.2, 0) is 0 Å². The van der Waals surface area contributed by atoms with E-state index < -0.39 is 11.9 Å². The molecule has 2 rings (SSSR count). The Morgan fingerprint density at radius 3 is 2.76 bits per heavy atom. The number of benzene rings is 1. The van der Waals surface area contributed by atoms with Crippen molar-refractivity contribution < 1.29 is 14.3 Å². The Morgan fingerprint density at radius 1 is 1.47 bits per heavy atom. The number of aromatic amines is 1. The zero-order valence-corrected chi connectivity index (χ0v) is 9.54. The number of carbonyl (C=O) groups excluding carboxylic acids is 1. The van der Waals surface area contributed by atoms with Gasteiger partial charge in [-0.25, -0.2) is 4.39 Å². The molecule has 0 aliphatic heterocycles. The van der Waals surface area contributed by atoms with Crippen molar-refractivity contribution in [2.75, 3.05) is 7.05 Å². The van der Waals surface area contributed by atoms with Gasteiger partial charge in [-0.2, -0.15) is 0 Å². The number of aromatic nitrogens is 1. The summed E-state index contributed by atoms with van der Waals surface area (Å²) in [6.07, 6.45) is -0.790. The second-order valence-corrected chi connectivity index (χ2v) is 3.89. The van der Waals surface area contributed by atoms with E-state index in [9.17, 15) is 14.3 Å². The first-order valence-corrected chi connectivity index (χ1v) is 5.25. The molecule has 1 aromatic carbocycles. The number of carbonyl (C=O) groups is 1. The summed E-state index contributed by atoms with van der Waals surface area (Å²) in [6, 6.07) is 4.18. The fourth-order valence-electron chi connectivity index (χ4n) is 1.83. The number of amides is 1.